The van der Waals surface area contributed by atoms with Gasteiger partial charge in [0.25, 0.3) is 11.1 Å². The maximum Gasteiger partial charge on any atom is 0.286 e. The van der Waals surface area contributed by atoms with E-state index < -0.39 is 0 Å². The van der Waals surface area contributed by atoms with Gasteiger partial charge in [-0.05, 0) is 48.7 Å². The molecule has 156 valence electrons. The fourth-order valence-corrected chi connectivity index (χ4v) is 4.15. The van der Waals surface area contributed by atoms with Crippen LogP contribution in [0.15, 0.2) is 42.5 Å². The molecular formula is C21H21N3O5S. The van der Waals surface area contributed by atoms with Gasteiger partial charge in [0.1, 0.15) is 11.5 Å². The highest BCUT2D eigenvalue weighted by molar-refractivity contribution is 8.15. The minimum absolute atomic E-state index is 0.0970. The SMILES string of the molecule is Nc1ccc2c(c1)C(=O)N(CCCOc1ccc(CC3SC(=O)NC3=O)cc1)CO2. The zero-order valence-electron chi connectivity index (χ0n) is 16.1. The van der Waals surface area contributed by atoms with E-state index in [0.717, 1.165) is 17.3 Å². The third-order valence-corrected chi connectivity index (χ3v) is 5.83. The number of carbonyl (C=O) groups excluding carboxylic acids is 3. The number of ether oxygens (including phenoxy) is 2. The Morgan fingerprint density at radius 2 is 1.97 bits per heavy atom. The number of rotatable bonds is 7. The second-order valence-corrected chi connectivity index (χ2v) is 8.21. The first kappa shape index (κ1) is 20.1. The van der Waals surface area contributed by atoms with Crippen molar-refractivity contribution in [2.24, 2.45) is 0 Å². The van der Waals surface area contributed by atoms with Crippen molar-refractivity contribution in [3.05, 3.63) is 53.6 Å². The van der Waals surface area contributed by atoms with E-state index in [-0.39, 0.29) is 29.0 Å². The topological polar surface area (TPSA) is 111 Å². The molecule has 0 aromatic heterocycles. The normalized spacial score (nSPS) is 18.1. The van der Waals surface area contributed by atoms with Crippen molar-refractivity contribution < 1.29 is 23.9 Å². The third-order valence-electron chi connectivity index (χ3n) is 4.85. The number of fused-ring (bicyclic) bond motifs is 1. The summed E-state index contributed by atoms with van der Waals surface area (Å²) < 4.78 is 11.4. The summed E-state index contributed by atoms with van der Waals surface area (Å²) in [5, 5.41) is 1.61. The summed E-state index contributed by atoms with van der Waals surface area (Å²) in [6.45, 7) is 1.16. The van der Waals surface area contributed by atoms with Crippen LogP contribution in [0.1, 0.15) is 22.3 Å². The molecule has 8 nitrogen and oxygen atoms in total. The lowest BCUT2D eigenvalue weighted by Crippen LogP contribution is -2.39. The Balaban J connectivity index is 1.23. The summed E-state index contributed by atoms with van der Waals surface area (Å²) in [6.07, 6.45) is 1.14. The molecule has 2 aliphatic heterocycles. The second-order valence-electron chi connectivity index (χ2n) is 7.03. The Morgan fingerprint density at radius 1 is 1.17 bits per heavy atom. The molecule has 1 atom stereocenters. The van der Waals surface area contributed by atoms with Gasteiger partial charge in [-0.15, -0.1) is 0 Å². The number of amides is 3. The van der Waals surface area contributed by atoms with E-state index in [1.807, 2.05) is 24.3 Å². The molecule has 1 fully saturated rings. The largest absolute Gasteiger partial charge is 0.494 e. The molecule has 2 heterocycles. The molecule has 3 amide bonds. The van der Waals surface area contributed by atoms with Gasteiger partial charge in [0.2, 0.25) is 5.91 Å². The molecule has 2 aliphatic rings. The second kappa shape index (κ2) is 8.66. The first-order chi connectivity index (χ1) is 14.5. The smallest absolute Gasteiger partial charge is 0.286 e. The van der Waals surface area contributed by atoms with Crippen molar-refractivity contribution in [2.75, 3.05) is 25.6 Å². The van der Waals surface area contributed by atoms with E-state index in [9.17, 15) is 14.4 Å². The van der Waals surface area contributed by atoms with Crippen molar-refractivity contribution in [1.82, 2.24) is 10.2 Å². The van der Waals surface area contributed by atoms with E-state index in [1.54, 1.807) is 23.1 Å². The summed E-state index contributed by atoms with van der Waals surface area (Å²) in [5.41, 5.74) is 7.73. The van der Waals surface area contributed by atoms with Crippen LogP contribution in [0.3, 0.4) is 0 Å². The highest BCUT2D eigenvalue weighted by Crippen LogP contribution is 2.27. The Labute approximate surface area is 177 Å². The molecule has 0 radical (unpaired) electrons. The van der Waals surface area contributed by atoms with E-state index in [4.69, 9.17) is 15.2 Å². The first-order valence-electron chi connectivity index (χ1n) is 9.54. The van der Waals surface area contributed by atoms with Crippen LogP contribution in [0.25, 0.3) is 0 Å². The van der Waals surface area contributed by atoms with Gasteiger partial charge in [0, 0.05) is 12.2 Å². The molecule has 1 saturated heterocycles. The molecule has 0 saturated carbocycles. The number of nitrogens with one attached hydrogen (secondary N) is 1. The first-order valence-corrected chi connectivity index (χ1v) is 10.4. The number of benzene rings is 2. The lowest BCUT2D eigenvalue weighted by Gasteiger charge is -2.28. The maximum absolute atomic E-state index is 12.6. The molecule has 30 heavy (non-hydrogen) atoms. The predicted molar refractivity (Wildman–Crippen MR) is 113 cm³/mol. The molecule has 3 N–H and O–H groups in total. The van der Waals surface area contributed by atoms with Crippen molar-refractivity contribution in [2.45, 2.75) is 18.1 Å². The predicted octanol–water partition coefficient (Wildman–Crippen LogP) is 2.42. The number of imide groups is 1. The number of nitrogen functional groups attached to an aromatic ring is 1. The molecule has 0 spiro atoms. The van der Waals surface area contributed by atoms with E-state index in [1.165, 1.54) is 0 Å². The number of nitrogens with zero attached hydrogens (tertiary/aromatic N) is 1. The summed E-state index contributed by atoms with van der Waals surface area (Å²) >= 11 is 1.02. The maximum atomic E-state index is 12.6. The van der Waals surface area contributed by atoms with Crippen LogP contribution in [0.4, 0.5) is 10.5 Å². The summed E-state index contributed by atoms with van der Waals surface area (Å²) in [7, 11) is 0. The van der Waals surface area contributed by atoms with E-state index in [2.05, 4.69) is 5.32 Å². The van der Waals surface area contributed by atoms with Gasteiger partial charge < -0.3 is 20.1 Å². The fourth-order valence-electron chi connectivity index (χ4n) is 3.29. The summed E-state index contributed by atoms with van der Waals surface area (Å²) in [4.78, 5) is 37.1. The zero-order chi connectivity index (χ0) is 21.1. The van der Waals surface area contributed by atoms with Crippen LogP contribution in [-0.2, 0) is 11.2 Å². The van der Waals surface area contributed by atoms with Crippen molar-refractivity contribution >= 4 is 34.5 Å². The van der Waals surface area contributed by atoms with Crippen LogP contribution in [0.5, 0.6) is 11.5 Å². The standard InChI is InChI=1S/C21H21N3O5S/c22-14-4-7-17-16(11-14)20(26)24(12-29-17)8-1-9-28-15-5-2-13(3-6-15)10-18-19(25)23-21(27)30-18/h2-7,11,18H,1,8-10,12,22H2,(H,23,25,27). The Morgan fingerprint density at radius 3 is 2.70 bits per heavy atom. The van der Waals surface area contributed by atoms with Gasteiger partial charge in [0.15, 0.2) is 6.73 Å². The number of hydrogen-bond donors (Lipinski definition) is 2. The monoisotopic (exact) mass is 427 g/mol. The number of carbonyl (C=O) groups is 3. The minimum Gasteiger partial charge on any atom is -0.494 e. The molecule has 2 aromatic carbocycles. The Kier molecular flexibility index (Phi) is 5.80. The number of anilines is 1. The zero-order valence-corrected chi connectivity index (χ0v) is 16.9. The molecular weight excluding hydrogens is 406 g/mol. The molecule has 9 heteroatoms. The molecule has 4 rings (SSSR count). The minimum atomic E-state index is -0.381. The third kappa shape index (κ3) is 4.51. The van der Waals surface area contributed by atoms with Crippen LogP contribution in [0.2, 0.25) is 0 Å². The van der Waals surface area contributed by atoms with Gasteiger partial charge >= 0.3 is 0 Å². The lowest BCUT2D eigenvalue weighted by molar-refractivity contribution is -0.118. The van der Waals surface area contributed by atoms with Crippen molar-refractivity contribution in [3.63, 3.8) is 0 Å². The average molecular weight is 427 g/mol. The van der Waals surface area contributed by atoms with Crippen LogP contribution >= 0.6 is 11.8 Å². The van der Waals surface area contributed by atoms with Gasteiger partial charge in [0.05, 0.1) is 17.4 Å². The summed E-state index contributed by atoms with van der Waals surface area (Å²) in [5.74, 6) is 0.921. The van der Waals surface area contributed by atoms with Crippen LogP contribution < -0.4 is 20.5 Å². The summed E-state index contributed by atoms with van der Waals surface area (Å²) in [6, 6.07) is 12.5. The van der Waals surface area contributed by atoms with Gasteiger partial charge in [-0.1, -0.05) is 23.9 Å². The highest BCUT2D eigenvalue weighted by atomic mass is 32.2. The lowest BCUT2D eigenvalue weighted by atomic mass is 10.1. The number of hydrogen-bond acceptors (Lipinski definition) is 7. The van der Waals surface area contributed by atoms with Crippen LogP contribution in [0, 0.1) is 0 Å². The Bertz CT molecular complexity index is 979. The number of thioether (sulfide) groups is 1. The van der Waals surface area contributed by atoms with E-state index in [0.29, 0.717) is 48.7 Å². The van der Waals surface area contributed by atoms with E-state index >= 15 is 0 Å². The number of nitrogens with two attached hydrogens (primary N) is 1. The molecule has 2 aromatic rings. The van der Waals surface area contributed by atoms with Gasteiger partial charge in [-0.3, -0.25) is 19.7 Å². The van der Waals surface area contributed by atoms with Crippen molar-refractivity contribution in [1.29, 1.82) is 0 Å². The average Bonchev–Trinajstić information content (AvgIpc) is 3.05. The quantitative estimate of drug-likeness (QED) is 0.516. The van der Waals surface area contributed by atoms with Crippen LogP contribution in [-0.4, -0.2) is 47.1 Å². The fraction of sp³-hybridized carbons (Fsp3) is 0.286. The van der Waals surface area contributed by atoms with Gasteiger partial charge in [-0.25, -0.2) is 0 Å². The van der Waals surface area contributed by atoms with Gasteiger partial charge in [-0.2, -0.15) is 0 Å². The highest BCUT2D eigenvalue weighted by Gasteiger charge is 2.31. The molecule has 0 bridgehead atoms. The molecule has 1 unspecified atom stereocenters. The van der Waals surface area contributed by atoms with Crippen molar-refractivity contribution in [3.8, 4) is 11.5 Å². The Hall–Kier alpha value is -3.20. The molecule has 0 aliphatic carbocycles.